The molecule has 0 atom stereocenters. The van der Waals surface area contributed by atoms with Crippen molar-refractivity contribution in [1.82, 2.24) is 15.2 Å². The highest BCUT2D eigenvalue weighted by Gasteiger charge is 2.24. The molecule has 0 aliphatic carbocycles. The Morgan fingerprint density at radius 1 is 1.36 bits per heavy atom. The lowest BCUT2D eigenvalue weighted by molar-refractivity contribution is 0.0860. The molecule has 2 amide bonds. The van der Waals surface area contributed by atoms with E-state index in [2.05, 4.69) is 10.3 Å². The molecule has 0 spiro atoms. The summed E-state index contributed by atoms with van der Waals surface area (Å²) in [4.78, 5) is 29.4. The van der Waals surface area contributed by atoms with E-state index in [9.17, 15) is 9.59 Å². The molecule has 0 aromatic carbocycles. The molecular formula is C15H21N3O4. The minimum atomic E-state index is -0.286. The van der Waals surface area contributed by atoms with Gasteiger partial charge in [-0.1, -0.05) is 0 Å². The third kappa shape index (κ3) is 4.09. The molecule has 2 heterocycles. The Labute approximate surface area is 129 Å². The Kier molecular flexibility index (Phi) is 5.57. The quantitative estimate of drug-likeness (QED) is 0.910. The molecule has 0 radical (unpaired) electrons. The fraction of sp³-hybridized carbons (Fsp3) is 0.533. The van der Waals surface area contributed by atoms with Crippen molar-refractivity contribution in [2.24, 2.45) is 0 Å². The number of nitrogens with zero attached hydrogens (tertiary/aromatic N) is 2. The molecule has 7 heteroatoms. The standard InChI is InChI=1S/C15H21N3O4/c1-3-22-15(20)18-8-6-12(7-9-18)17-14(19)11-4-5-13(21-2)16-10-11/h4-5,10,12H,3,6-9H2,1-2H3,(H,17,19). The molecule has 1 aromatic heterocycles. The number of piperidine rings is 1. The van der Waals surface area contributed by atoms with E-state index in [1.807, 2.05) is 0 Å². The van der Waals surface area contributed by atoms with Gasteiger partial charge in [0.2, 0.25) is 5.88 Å². The Morgan fingerprint density at radius 2 is 2.09 bits per heavy atom. The van der Waals surface area contributed by atoms with E-state index >= 15 is 0 Å². The number of ether oxygens (including phenoxy) is 2. The third-order valence-electron chi connectivity index (χ3n) is 3.56. The Balaban J connectivity index is 1.82. The number of hydrogen-bond donors (Lipinski definition) is 1. The van der Waals surface area contributed by atoms with Crippen molar-refractivity contribution in [3.8, 4) is 5.88 Å². The van der Waals surface area contributed by atoms with Crippen LogP contribution in [0.2, 0.25) is 0 Å². The van der Waals surface area contributed by atoms with Gasteiger partial charge in [0.25, 0.3) is 5.91 Å². The summed E-state index contributed by atoms with van der Waals surface area (Å²) in [6.07, 6.45) is 2.64. The second-order valence-corrected chi connectivity index (χ2v) is 5.02. The van der Waals surface area contributed by atoms with Gasteiger partial charge in [0.1, 0.15) is 0 Å². The number of likely N-dealkylation sites (tertiary alicyclic amines) is 1. The van der Waals surface area contributed by atoms with Gasteiger partial charge in [0.05, 0.1) is 19.3 Å². The topological polar surface area (TPSA) is 80.8 Å². The summed E-state index contributed by atoms with van der Waals surface area (Å²) in [5.41, 5.74) is 0.494. The molecule has 7 nitrogen and oxygen atoms in total. The van der Waals surface area contributed by atoms with Crippen molar-refractivity contribution in [2.45, 2.75) is 25.8 Å². The van der Waals surface area contributed by atoms with Gasteiger partial charge >= 0.3 is 6.09 Å². The molecular weight excluding hydrogens is 286 g/mol. The maximum atomic E-state index is 12.1. The maximum absolute atomic E-state index is 12.1. The Bertz CT molecular complexity index is 510. The number of nitrogens with one attached hydrogen (secondary N) is 1. The molecule has 1 aliphatic heterocycles. The minimum absolute atomic E-state index is 0.0558. The predicted molar refractivity (Wildman–Crippen MR) is 79.9 cm³/mol. The monoisotopic (exact) mass is 307 g/mol. The summed E-state index contributed by atoms with van der Waals surface area (Å²) in [6.45, 7) is 3.34. The average molecular weight is 307 g/mol. The van der Waals surface area contributed by atoms with Crippen LogP contribution in [-0.4, -0.2) is 54.7 Å². The summed E-state index contributed by atoms with van der Waals surface area (Å²) in [5, 5.41) is 2.97. The lowest BCUT2D eigenvalue weighted by atomic mass is 10.0. The second-order valence-electron chi connectivity index (χ2n) is 5.02. The summed E-state index contributed by atoms with van der Waals surface area (Å²) in [7, 11) is 1.53. The minimum Gasteiger partial charge on any atom is -0.481 e. The van der Waals surface area contributed by atoms with Crippen LogP contribution in [0, 0.1) is 0 Å². The predicted octanol–water partition coefficient (Wildman–Crippen LogP) is 1.44. The van der Waals surface area contributed by atoms with Crippen LogP contribution in [0.15, 0.2) is 18.3 Å². The third-order valence-corrected chi connectivity index (χ3v) is 3.56. The van der Waals surface area contributed by atoms with E-state index in [1.54, 1.807) is 24.0 Å². The molecule has 0 saturated carbocycles. The van der Waals surface area contributed by atoms with Crippen LogP contribution >= 0.6 is 0 Å². The van der Waals surface area contributed by atoms with Crippen molar-refractivity contribution in [2.75, 3.05) is 26.8 Å². The number of carbonyl (C=O) groups is 2. The van der Waals surface area contributed by atoms with Crippen LogP contribution in [0.3, 0.4) is 0 Å². The zero-order valence-electron chi connectivity index (χ0n) is 12.9. The fourth-order valence-corrected chi connectivity index (χ4v) is 2.33. The number of carbonyl (C=O) groups excluding carboxylic acids is 2. The van der Waals surface area contributed by atoms with Crippen LogP contribution in [0.1, 0.15) is 30.1 Å². The van der Waals surface area contributed by atoms with Gasteiger partial charge in [-0.15, -0.1) is 0 Å². The molecule has 1 aromatic rings. The van der Waals surface area contributed by atoms with Crippen LogP contribution in [0.25, 0.3) is 0 Å². The Morgan fingerprint density at radius 3 is 2.64 bits per heavy atom. The van der Waals surface area contributed by atoms with Crippen molar-refractivity contribution >= 4 is 12.0 Å². The summed E-state index contributed by atoms with van der Waals surface area (Å²) >= 11 is 0. The number of aromatic nitrogens is 1. The van der Waals surface area contributed by atoms with Crippen molar-refractivity contribution in [1.29, 1.82) is 0 Å². The van der Waals surface area contributed by atoms with Gasteiger partial charge in [-0.05, 0) is 25.8 Å². The van der Waals surface area contributed by atoms with Gasteiger partial charge in [0, 0.05) is 31.4 Å². The average Bonchev–Trinajstić information content (AvgIpc) is 2.55. The lowest BCUT2D eigenvalue weighted by Crippen LogP contribution is -2.46. The summed E-state index contributed by atoms with van der Waals surface area (Å²) in [6, 6.07) is 3.38. The van der Waals surface area contributed by atoms with E-state index in [0.29, 0.717) is 44.0 Å². The first-order chi connectivity index (χ1) is 10.6. The van der Waals surface area contributed by atoms with E-state index < -0.39 is 0 Å². The van der Waals surface area contributed by atoms with E-state index in [0.717, 1.165) is 0 Å². The van der Waals surface area contributed by atoms with E-state index in [1.165, 1.54) is 13.3 Å². The number of rotatable bonds is 4. The van der Waals surface area contributed by atoms with Crippen molar-refractivity contribution in [3.63, 3.8) is 0 Å². The van der Waals surface area contributed by atoms with Gasteiger partial charge < -0.3 is 19.7 Å². The first-order valence-electron chi connectivity index (χ1n) is 7.36. The summed E-state index contributed by atoms with van der Waals surface area (Å²) in [5.74, 6) is 0.309. The van der Waals surface area contributed by atoms with E-state index in [4.69, 9.17) is 9.47 Å². The van der Waals surface area contributed by atoms with E-state index in [-0.39, 0.29) is 18.0 Å². The van der Waals surface area contributed by atoms with Crippen molar-refractivity contribution in [3.05, 3.63) is 23.9 Å². The largest absolute Gasteiger partial charge is 0.481 e. The zero-order valence-corrected chi connectivity index (χ0v) is 12.9. The van der Waals surface area contributed by atoms with Crippen molar-refractivity contribution < 1.29 is 19.1 Å². The first-order valence-corrected chi connectivity index (χ1v) is 7.36. The Hall–Kier alpha value is -2.31. The number of amides is 2. The second kappa shape index (κ2) is 7.63. The lowest BCUT2D eigenvalue weighted by Gasteiger charge is -2.31. The fourth-order valence-electron chi connectivity index (χ4n) is 2.33. The van der Waals surface area contributed by atoms with Crippen LogP contribution in [-0.2, 0) is 4.74 Å². The molecule has 2 rings (SSSR count). The number of methoxy groups -OCH3 is 1. The molecule has 22 heavy (non-hydrogen) atoms. The van der Waals surface area contributed by atoms with Gasteiger partial charge in [-0.3, -0.25) is 4.79 Å². The molecule has 1 fully saturated rings. The van der Waals surface area contributed by atoms with Gasteiger partial charge in [-0.25, -0.2) is 9.78 Å². The maximum Gasteiger partial charge on any atom is 0.409 e. The smallest absolute Gasteiger partial charge is 0.409 e. The highest BCUT2D eigenvalue weighted by atomic mass is 16.6. The molecule has 1 N–H and O–H groups in total. The molecule has 0 unspecified atom stereocenters. The number of pyridine rings is 1. The van der Waals surface area contributed by atoms with Gasteiger partial charge in [0.15, 0.2) is 0 Å². The van der Waals surface area contributed by atoms with Crippen LogP contribution in [0.4, 0.5) is 4.79 Å². The molecule has 120 valence electrons. The molecule has 1 saturated heterocycles. The summed E-state index contributed by atoms with van der Waals surface area (Å²) < 4.78 is 9.93. The highest BCUT2D eigenvalue weighted by Crippen LogP contribution is 2.13. The van der Waals surface area contributed by atoms with Crippen LogP contribution < -0.4 is 10.1 Å². The molecule has 1 aliphatic rings. The molecule has 0 bridgehead atoms. The highest BCUT2D eigenvalue weighted by molar-refractivity contribution is 5.94. The zero-order chi connectivity index (χ0) is 15.9. The van der Waals surface area contributed by atoms with Crippen LogP contribution in [0.5, 0.6) is 5.88 Å². The SMILES string of the molecule is CCOC(=O)N1CCC(NC(=O)c2ccc(OC)nc2)CC1. The van der Waals surface area contributed by atoms with Gasteiger partial charge in [-0.2, -0.15) is 0 Å². The normalized spacial score (nSPS) is 15.3. The number of hydrogen-bond acceptors (Lipinski definition) is 5. The first kappa shape index (κ1) is 16.1.